The zero-order valence-electron chi connectivity index (χ0n) is 14.9. The first-order valence-electron chi connectivity index (χ1n) is 8.06. The van der Waals surface area contributed by atoms with Crippen molar-refractivity contribution in [2.45, 2.75) is 25.1 Å². The number of guanidine groups is 1. The van der Waals surface area contributed by atoms with Crippen LogP contribution in [0.3, 0.4) is 0 Å². The molecule has 7 nitrogen and oxygen atoms in total. The maximum absolute atomic E-state index is 12.6. The van der Waals surface area contributed by atoms with Crippen LogP contribution in [-0.2, 0) is 16.5 Å². The van der Waals surface area contributed by atoms with Gasteiger partial charge < -0.3 is 11.1 Å². The third kappa shape index (κ3) is 3.84. The number of nitrogens with two attached hydrogens (primary N) is 1. The predicted molar refractivity (Wildman–Crippen MR) is 97.9 cm³/mol. The van der Waals surface area contributed by atoms with Gasteiger partial charge in [-0.15, -0.1) is 11.3 Å². The number of carbonyl (C=O) groups is 2. The van der Waals surface area contributed by atoms with E-state index in [1.165, 1.54) is 11.9 Å². The highest BCUT2D eigenvalue weighted by Crippen LogP contribution is 2.34. The first kappa shape index (κ1) is 19.8. The average Bonchev–Trinajstić information content (AvgIpc) is 3.10. The topological polar surface area (TPSA) is 101 Å². The molecule has 11 heteroatoms. The van der Waals surface area contributed by atoms with Crippen LogP contribution in [0.15, 0.2) is 34.6 Å². The summed E-state index contributed by atoms with van der Waals surface area (Å²) in [6.07, 6.45) is -4.51. The Labute approximate surface area is 162 Å². The molecule has 0 saturated heterocycles. The lowest BCUT2D eigenvalue weighted by atomic mass is 9.87. The van der Waals surface area contributed by atoms with E-state index in [9.17, 15) is 22.8 Å². The van der Waals surface area contributed by atoms with Crippen molar-refractivity contribution in [3.63, 3.8) is 0 Å². The van der Waals surface area contributed by atoms with E-state index in [4.69, 9.17) is 5.73 Å². The van der Waals surface area contributed by atoms with E-state index in [1.807, 2.05) is 0 Å². The molecule has 2 aromatic rings. The van der Waals surface area contributed by atoms with Crippen LogP contribution in [0.2, 0.25) is 0 Å². The van der Waals surface area contributed by atoms with Gasteiger partial charge in [0.15, 0.2) is 11.0 Å². The highest BCUT2D eigenvalue weighted by molar-refractivity contribution is 7.10. The summed E-state index contributed by atoms with van der Waals surface area (Å²) in [5.74, 6) is -0.890. The molecule has 0 saturated carbocycles. The lowest BCUT2D eigenvalue weighted by Crippen LogP contribution is -2.47. The molecule has 3 rings (SSSR count). The number of nitrogens with zero attached hydrogens (tertiary/aromatic N) is 3. The van der Waals surface area contributed by atoms with Gasteiger partial charge >= 0.3 is 6.18 Å². The Hall–Kier alpha value is -2.95. The Morgan fingerprint density at radius 1 is 1.39 bits per heavy atom. The summed E-state index contributed by atoms with van der Waals surface area (Å²) in [6.45, 7) is 1.74. The zero-order chi connectivity index (χ0) is 20.7. The summed E-state index contributed by atoms with van der Waals surface area (Å²) < 4.78 is 37.9. The molecule has 3 N–H and O–H groups in total. The molecule has 0 radical (unpaired) electrons. The van der Waals surface area contributed by atoms with Crippen LogP contribution >= 0.6 is 11.3 Å². The SMILES string of the molecule is CN1C(=O)CC(C)(c2cccc(NC(=O)c3csc(C(F)(F)F)n3)c2)N=C1N. The Balaban J connectivity index is 1.83. The molecule has 1 unspecified atom stereocenters. The van der Waals surface area contributed by atoms with Gasteiger partial charge in [-0.25, -0.2) is 9.98 Å². The minimum Gasteiger partial charge on any atom is -0.369 e. The van der Waals surface area contributed by atoms with E-state index in [1.54, 1.807) is 31.2 Å². The summed E-state index contributed by atoms with van der Waals surface area (Å²) in [6, 6.07) is 6.55. The number of nitrogens with one attached hydrogen (secondary N) is 1. The molecular formula is C17H16F3N5O2S. The van der Waals surface area contributed by atoms with Gasteiger partial charge in [0.2, 0.25) is 5.91 Å². The van der Waals surface area contributed by atoms with E-state index >= 15 is 0 Å². The second kappa shape index (κ2) is 6.89. The molecule has 0 bridgehead atoms. The number of hydrogen-bond donors (Lipinski definition) is 2. The number of benzene rings is 1. The quantitative estimate of drug-likeness (QED) is 0.811. The van der Waals surface area contributed by atoms with Gasteiger partial charge in [0.25, 0.3) is 5.91 Å². The molecule has 28 heavy (non-hydrogen) atoms. The maximum atomic E-state index is 12.6. The summed E-state index contributed by atoms with van der Waals surface area (Å²) >= 11 is 0.351. The highest BCUT2D eigenvalue weighted by atomic mass is 32.1. The lowest BCUT2D eigenvalue weighted by molar-refractivity contribution is -0.137. The fourth-order valence-corrected chi connectivity index (χ4v) is 3.38. The minimum atomic E-state index is -4.60. The van der Waals surface area contributed by atoms with Crippen molar-refractivity contribution in [3.8, 4) is 0 Å². The van der Waals surface area contributed by atoms with Gasteiger partial charge in [0, 0.05) is 18.1 Å². The summed E-state index contributed by atoms with van der Waals surface area (Å²) in [5.41, 5.74) is 5.52. The predicted octanol–water partition coefficient (Wildman–Crippen LogP) is 2.81. The van der Waals surface area contributed by atoms with Crippen molar-refractivity contribution in [3.05, 3.63) is 45.9 Å². The van der Waals surface area contributed by atoms with Gasteiger partial charge in [-0.2, -0.15) is 13.2 Å². The number of anilines is 1. The van der Waals surface area contributed by atoms with E-state index < -0.39 is 22.6 Å². The molecule has 1 aliphatic heterocycles. The fourth-order valence-electron chi connectivity index (χ4n) is 2.71. The van der Waals surface area contributed by atoms with Crippen LogP contribution < -0.4 is 11.1 Å². The monoisotopic (exact) mass is 411 g/mol. The Bertz CT molecular complexity index is 972. The minimum absolute atomic E-state index is 0.0790. The Morgan fingerprint density at radius 3 is 2.71 bits per heavy atom. The second-order valence-electron chi connectivity index (χ2n) is 6.44. The van der Waals surface area contributed by atoms with Gasteiger partial charge in [-0.1, -0.05) is 12.1 Å². The Kier molecular flexibility index (Phi) is 4.88. The number of halogens is 3. The molecule has 148 valence electrons. The van der Waals surface area contributed by atoms with Gasteiger partial charge in [0.05, 0.1) is 12.0 Å². The molecular weight excluding hydrogens is 395 g/mol. The van der Waals surface area contributed by atoms with E-state index in [0.29, 0.717) is 22.6 Å². The number of aromatic nitrogens is 1. The number of rotatable bonds is 3. The summed E-state index contributed by atoms with van der Waals surface area (Å²) in [7, 11) is 1.53. The molecule has 0 aliphatic carbocycles. The molecule has 1 aliphatic rings. The van der Waals surface area contributed by atoms with E-state index in [-0.39, 0.29) is 24.0 Å². The van der Waals surface area contributed by atoms with Crippen LogP contribution in [-0.4, -0.2) is 34.7 Å². The Morgan fingerprint density at radius 2 is 2.11 bits per heavy atom. The molecule has 2 amide bonds. The molecule has 1 aromatic heterocycles. The molecule has 1 aromatic carbocycles. The summed E-state index contributed by atoms with van der Waals surface area (Å²) in [4.78, 5) is 33.3. The second-order valence-corrected chi connectivity index (χ2v) is 7.30. The normalized spacial score (nSPS) is 20.1. The van der Waals surface area contributed by atoms with Crippen LogP contribution in [0.25, 0.3) is 0 Å². The molecule has 0 fully saturated rings. The van der Waals surface area contributed by atoms with Crippen LogP contribution in [0, 0.1) is 0 Å². The van der Waals surface area contributed by atoms with Crippen molar-refractivity contribution in [2.75, 3.05) is 12.4 Å². The van der Waals surface area contributed by atoms with Crippen molar-refractivity contribution in [2.24, 2.45) is 10.7 Å². The first-order valence-corrected chi connectivity index (χ1v) is 8.94. The van der Waals surface area contributed by atoms with Crippen molar-refractivity contribution >= 4 is 34.8 Å². The first-order chi connectivity index (χ1) is 13.0. The third-order valence-corrected chi connectivity index (χ3v) is 5.18. The molecule has 0 spiro atoms. The molecule has 2 heterocycles. The number of thiazole rings is 1. The smallest absolute Gasteiger partial charge is 0.369 e. The van der Waals surface area contributed by atoms with Crippen molar-refractivity contribution in [1.82, 2.24) is 9.88 Å². The van der Waals surface area contributed by atoms with E-state index in [2.05, 4.69) is 15.3 Å². The van der Waals surface area contributed by atoms with Gasteiger partial charge in [0.1, 0.15) is 5.69 Å². The number of alkyl halides is 3. The lowest BCUT2D eigenvalue weighted by Gasteiger charge is -2.33. The van der Waals surface area contributed by atoms with Crippen molar-refractivity contribution < 1.29 is 22.8 Å². The third-order valence-electron chi connectivity index (χ3n) is 4.30. The van der Waals surface area contributed by atoms with E-state index in [0.717, 1.165) is 5.38 Å². The zero-order valence-corrected chi connectivity index (χ0v) is 15.7. The van der Waals surface area contributed by atoms with Crippen LogP contribution in [0.1, 0.15) is 34.4 Å². The van der Waals surface area contributed by atoms with Gasteiger partial charge in [-0.3, -0.25) is 14.5 Å². The van der Waals surface area contributed by atoms with Crippen molar-refractivity contribution in [1.29, 1.82) is 0 Å². The summed E-state index contributed by atoms with van der Waals surface area (Å²) in [5, 5.41) is 2.47. The molecule has 1 atom stereocenters. The van der Waals surface area contributed by atoms with Crippen LogP contribution in [0.4, 0.5) is 18.9 Å². The number of hydrogen-bond acceptors (Lipinski definition) is 6. The highest BCUT2D eigenvalue weighted by Gasteiger charge is 2.37. The fraction of sp³-hybridized carbons (Fsp3) is 0.294. The van der Waals surface area contributed by atoms with Crippen LogP contribution in [0.5, 0.6) is 0 Å². The maximum Gasteiger partial charge on any atom is 0.443 e. The largest absolute Gasteiger partial charge is 0.443 e. The number of amides is 2. The number of carbonyl (C=O) groups excluding carboxylic acids is 2. The average molecular weight is 411 g/mol. The van der Waals surface area contributed by atoms with Gasteiger partial charge in [-0.05, 0) is 24.6 Å². The number of aliphatic imine (C=N–C) groups is 1. The standard InChI is InChI=1S/C17H16F3N5O2S/c1-16(7-12(26)25(2)15(21)24-16)9-4-3-5-10(6-9)22-13(27)11-8-28-14(23-11)17(18,19)20/h3-6,8H,7H2,1-2H3,(H2,21,24)(H,22,27).